The number of rotatable bonds is 5. The van der Waals surface area contributed by atoms with Gasteiger partial charge in [-0.15, -0.1) is 11.3 Å². The third-order valence-electron chi connectivity index (χ3n) is 4.47. The van der Waals surface area contributed by atoms with E-state index in [4.69, 9.17) is 20.8 Å². The number of halogens is 1. The number of aromatic nitrogens is 1. The summed E-state index contributed by atoms with van der Waals surface area (Å²) >= 11 is 7.14. The van der Waals surface area contributed by atoms with Crippen molar-refractivity contribution in [3.8, 4) is 0 Å². The van der Waals surface area contributed by atoms with Crippen LogP contribution in [0.4, 0.5) is 0 Å². The van der Waals surface area contributed by atoms with Crippen molar-refractivity contribution in [3.63, 3.8) is 0 Å². The van der Waals surface area contributed by atoms with Crippen LogP contribution in [0.1, 0.15) is 39.2 Å². The van der Waals surface area contributed by atoms with Gasteiger partial charge in [0.2, 0.25) is 0 Å². The molecule has 0 saturated carbocycles. The lowest BCUT2D eigenvalue weighted by Gasteiger charge is -2.19. The van der Waals surface area contributed by atoms with E-state index in [1.807, 2.05) is 12.1 Å². The zero-order valence-corrected chi connectivity index (χ0v) is 16.9. The number of ether oxygens (including phenoxy) is 1. The van der Waals surface area contributed by atoms with Gasteiger partial charge in [-0.2, -0.15) is 5.10 Å². The van der Waals surface area contributed by atoms with Crippen molar-refractivity contribution in [1.82, 2.24) is 9.99 Å². The Labute approximate surface area is 175 Å². The van der Waals surface area contributed by atoms with Crippen LogP contribution in [-0.4, -0.2) is 34.2 Å². The summed E-state index contributed by atoms with van der Waals surface area (Å²) in [5, 5.41) is 6.41. The topological polar surface area (TPSA) is 85.0 Å². The first-order chi connectivity index (χ1) is 14.0. The van der Waals surface area contributed by atoms with Gasteiger partial charge in [0.25, 0.3) is 5.91 Å². The summed E-state index contributed by atoms with van der Waals surface area (Å²) in [6, 6.07) is 10.4. The van der Waals surface area contributed by atoms with E-state index in [1.165, 1.54) is 16.3 Å². The molecule has 0 aliphatic carbocycles. The Morgan fingerprint density at radius 1 is 1.31 bits per heavy atom. The van der Waals surface area contributed by atoms with E-state index in [2.05, 4.69) is 10.1 Å². The molecular weight excluding hydrogens is 414 g/mol. The first-order valence-corrected chi connectivity index (χ1v) is 10.0. The first kappa shape index (κ1) is 19.4. The lowest BCUT2D eigenvalue weighted by Crippen LogP contribution is -2.31. The minimum Gasteiger partial charge on any atom is -0.467 e. The van der Waals surface area contributed by atoms with Crippen LogP contribution < -0.4 is 0 Å². The van der Waals surface area contributed by atoms with Crippen LogP contribution >= 0.6 is 22.9 Å². The summed E-state index contributed by atoms with van der Waals surface area (Å²) in [5.74, 6) is -0.407. The highest BCUT2D eigenvalue weighted by atomic mass is 35.5. The number of nitrogens with zero attached hydrogens (tertiary/aromatic N) is 3. The largest absolute Gasteiger partial charge is 0.467 e. The average molecular weight is 430 g/mol. The molecule has 3 heterocycles. The minimum atomic E-state index is -0.575. The molecule has 1 amide bonds. The fourth-order valence-electron chi connectivity index (χ4n) is 3.02. The van der Waals surface area contributed by atoms with Gasteiger partial charge in [-0.25, -0.2) is 14.8 Å². The second kappa shape index (κ2) is 8.18. The zero-order chi connectivity index (χ0) is 20.4. The Hall–Kier alpha value is -2.97. The molecule has 1 unspecified atom stereocenters. The highest BCUT2D eigenvalue weighted by Crippen LogP contribution is 2.33. The van der Waals surface area contributed by atoms with Gasteiger partial charge in [0.1, 0.15) is 16.7 Å². The molecule has 0 N–H and O–H groups in total. The molecule has 3 aromatic rings. The third kappa shape index (κ3) is 4.08. The number of benzene rings is 1. The number of carbonyl (C=O) groups is 2. The second-order valence-corrected chi connectivity index (χ2v) is 7.66. The van der Waals surface area contributed by atoms with E-state index in [9.17, 15) is 9.59 Å². The molecule has 0 saturated heterocycles. The molecule has 29 heavy (non-hydrogen) atoms. The van der Waals surface area contributed by atoms with E-state index >= 15 is 0 Å². The van der Waals surface area contributed by atoms with Gasteiger partial charge in [-0.1, -0.05) is 23.7 Å². The van der Waals surface area contributed by atoms with E-state index in [1.54, 1.807) is 43.0 Å². The normalized spacial score (nSPS) is 16.0. The number of hydrogen-bond acceptors (Lipinski definition) is 7. The fourth-order valence-corrected chi connectivity index (χ4v) is 3.84. The Kier molecular flexibility index (Phi) is 5.46. The van der Waals surface area contributed by atoms with Crippen molar-refractivity contribution >= 4 is 40.5 Å². The molecule has 1 aliphatic rings. The molecule has 7 nitrogen and oxygen atoms in total. The smallest absolute Gasteiger partial charge is 0.350 e. The number of amides is 1. The van der Waals surface area contributed by atoms with Crippen molar-refractivity contribution in [2.45, 2.75) is 19.4 Å². The Morgan fingerprint density at radius 2 is 2.10 bits per heavy atom. The third-order valence-corrected chi connectivity index (χ3v) is 5.63. The Bertz CT molecular complexity index is 1060. The van der Waals surface area contributed by atoms with Gasteiger partial charge < -0.3 is 9.15 Å². The molecule has 1 aromatic carbocycles. The zero-order valence-electron chi connectivity index (χ0n) is 15.4. The molecule has 0 spiro atoms. The number of esters is 1. The summed E-state index contributed by atoms with van der Waals surface area (Å²) < 4.78 is 10.7. The van der Waals surface area contributed by atoms with Crippen LogP contribution in [0.15, 0.2) is 57.7 Å². The number of aryl methyl sites for hydroxylation is 1. The maximum absolute atomic E-state index is 12.8. The van der Waals surface area contributed by atoms with Crippen LogP contribution in [-0.2, 0) is 9.53 Å². The summed E-state index contributed by atoms with van der Waals surface area (Å²) in [6.07, 6.45) is 2.02. The van der Waals surface area contributed by atoms with E-state index in [0.29, 0.717) is 27.8 Å². The molecular formula is C20H16ClN3O4S. The monoisotopic (exact) mass is 429 g/mol. The number of furan rings is 1. The summed E-state index contributed by atoms with van der Waals surface area (Å²) in [4.78, 5) is 29.4. The molecule has 4 rings (SSSR count). The average Bonchev–Trinajstić information content (AvgIpc) is 3.46. The van der Waals surface area contributed by atoms with Gasteiger partial charge in [0.05, 0.1) is 23.2 Å². The summed E-state index contributed by atoms with van der Waals surface area (Å²) in [5.41, 5.74) is 3.72. The molecule has 2 aromatic heterocycles. The van der Waals surface area contributed by atoms with Crippen molar-refractivity contribution in [1.29, 1.82) is 0 Å². The highest BCUT2D eigenvalue weighted by Gasteiger charge is 2.35. The molecule has 0 fully saturated rings. The van der Waals surface area contributed by atoms with Crippen molar-refractivity contribution in [3.05, 3.63) is 75.1 Å². The van der Waals surface area contributed by atoms with Crippen LogP contribution in [0, 0.1) is 6.92 Å². The lowest BCUT2D eigenvalue weighted by molar-refractivity contribution is -0.136. The van der Waals surface area contributed by atoms with Crippen molar-refractivity contribution < 1.29 is 18.7 Å². The van der Waals surface area contributed by atoms with Gasteiger partial charge in [-0.3, -0.25) is 4.79 Å². The molecule has 9 heteroatoms. The van der Waals surface area contributed by atoms with Gasteiger partial charge >= 0.3 is 5.97 Å². The quantitative estimate of drug-likeness (QED) is 0.566. The number of hydrazone groups is 1. The summed E-state index contributed by atoms with van der Waals surface area (Å²) in [7, 11) is 0. The van der Waals surface area contributed by atoms with Gasteiger partial charge in [0, 0.05) is 11.4 Å². The lowest BCUT2D eigenvalue weighted by atomic mass is 10.0. The molecule has 1 aliphatic heterocycles. The number of hydrogen-bond donors (Lipinski definition) is 0. The minimum absolute atomic E-state index is 0.382. The van der Waals surface area contributed by atoms with Crippen LogP contribution in [0.2, 0.25) is 5.02 Å². The molecule has 1 atom stereocenters. The predicted octanol–water partition coefficient (Wildman–Crippen LogP) is 4.23. The number of carbonyl (C=O) groups excluding carboxylic acids is 2. The van der Waals surface area contributed by atoms with Gasteiger partial charge in [0.15, 0.2) is 6.61 Å². The van der Waals surface area contributed by atoms with E-state index in [-0.39, 0.29) is 0 Å². The van der Waals surface area contributed by atoms with E-state index in [0.717, 1.165) is 11.3 Å². The number of thiazole rings is 1. The summed E-state index contributed by atoms with van der Waals surface area (Å²) in [6.45, 7) is 1.29. The second-order valence-electron chi connectivity index (χ2n) is 6.37. The molecule has 0 bridgehead atoms. The van der Waals surface area contributed by atoms with Crippen molar-refractivity contribution in [2.75, 3.05) is 6.61 Å². The highest BCUT2D eigenvalue weighted by molar-refractivity contribution is 7.11. The van der Waals surface area contributed by atoms with Gasteiger partial charge in [-0.05, 0) is 36.8 Å². The standard InChI is InChI=1S/C20H16ClN3O4S/c1-12-19(29-11-22-12)20(26)28-10-18(25)24-16(17-3-2-8-27-17)9-15(23-24)13-4-6-14(21)7-5-13/h2-8,11,16H,9-10H2,1H3. The van der Waals surface area contributed by atoms with Crippen LogP contribution in [0.5, 0.6) is 0 Å². The molecule has 0 radical (unpaired) electrons. The first-order valence-electron chi connectivity index (χ1n) is 8.79. The van der Waals surface area contributed by atoms with Crippen LogP contribution in [0.25, 0.3) is 0 Å². The Morgan fingerprint density at radius 3 is 2.76 bits per heavy atom. The fraction of sp³-hybridized carbons (Fsp3) is 0.200. The Balaban J connectivity index is 1.52. The van der Waals surface area contributed by atoms with E-state index < -0.39 is 24.5 Å². The predicted molar refractivity (Wildman–Crippen MR) is 108 cm³/mol. The van der Waals surface area contributed by atoms with Crippen LogP contribution in [0.3, 0.4) is 0 Å². The molecule has 148 valence electrons. The maximum atomic E-state index is 12.8. The van der Waals surface area contributed by atoms with Crippen molar-refractivity contribution in [2.24, 2.45) is 5.10 Å². The maximum Gasteiger partial charge on any atom is 0.350 e. The SMILES string of the molecule is Cc1ncsc1C(=O)OCC(=O)N1N=C(c2ccc(Cl)cc2)CC1c1ccco1.